The lowest BCUT2D eigenvalue weighted by atomic mass is 10.2. The molecule has 0 fully saturated rings. The minimum Gasteiger partial charge on any atom is -0.398 e. The third-order valence-corrected chi connectivity index (χ3v) is 1.63. The predicted molar refractivity (Wildman–Crippen MR) is 56.2 cm³/mol. The first kappa shape index (κ1) is 10.6. The smallest absolute Gasteiger partial charge is 0.125 e. The quantitative estimate of drug-likeness (QED) is 0.537. The van der Waals surface area contributed by atoms with Gasteiger partial charge in [-0.2, -0.15) is 0 Å². The molecule has 0 bridgehead atoms. The van der Waals surface area contributed by atoms with Crippen LogP contribution < -0.4 is 5.73 Å². The van der Waals surface area contributed by atoms with Crippen LogP contribution in [0.25, 0.3) is 0 Å². The van der Waals surface area contributed by atoms with E-state index in [4.69, 9.17) is 5.73 Å². The summed E-state index contributed by atoms with van der Waals surface area (Å²) >= 11 is 0. The van der Waals surface area contributed by atoms with E-state index in [1.165, 1.54) is 12.1 Å². The van der Waals surface area contributed by atoms with Gasteiger partial charge in [0.2, 0.25) is 0 Å². The Morgan fingerprint density at radius 2 is 2.14 bits per heavy atom. The van der Waals surface area contributed by atoms with E-state index in [9.17, 15) is 4.39 Å². The molecule has 0 aromatic heterocycles. The number of hydrogen-bond donors (Lipinski definition) is 1. The van der Waals surface area contributed by atoms with Gasteiger partial charge in [0.15, 0.2) is 0 Å². The maximum atomic E-state index is 12.7. The van der Waals surface area contributed by atoms with Crippen LogP contribution >= 0.6 is 0 Å². The predicted octanol–water partition coefficient (Wildman–Crippen LogP) is 1.32. The Morgan fingerprint density at radius 3 is 2.71 bits per heavy atom. The van der Waals surface area contributed by atoms with Crippen LogP contribution in [0, 0.1) is 17.7 Å². The van der Waals surface area contributed by atoms with Crippen molar-refractivity contribution in [3.63, 3.8) is 0 Å². The molecule has 1 aromatic rings. The van der Waals surface area contributed by atoms with Crippen molar-refractivity contribution in [3.8, 4) is 11.8 Å². The fraction of sp³-hybridized carbons (Fsp3) is 0.273. The first-order chi connectivity index (χ1) is 6.59. The molecule has 14 heavy (non-hydrogen) atoms. The summed E-state index contributed by atoms with van der Waals surface area (Å²) in [5.74, 6) is 5.49. The number of nitrogens with two attached hydrogens (primary N) is 1. The van der Waals surface area contributed by atoms with E-state index in [0.717, 1.165) is 0 Å². The molecule has 0 heterocycles. The normalized spacial score (nSPS) is 9.71. The lowest BCUT2D eigenvalue weighted by Gasteiger charge is -2.01. The monoisotopic (exact) mass is 192 g/mol. The van der Waals surface area contributed by atoms with Crippen LogP contribution in [0.2, 0.25) is 0 Å². The highest BCUT2D eigenvalue weighted by Crippen LogP contribution is 2.11. The van der Waals surface area contributed by atoms with E-state index in [-0.39, 0.29) is 5.82 Å². The van der Waals surface area contributed by atoms with Gasteiger partial charge < -0.3 is 5.73 Å². The number of benzene rings is 1. The van der Waals surface area contributed by atoms with Gasteiger partial charge in [0.05, 0.1) is 12.2 Å². The van der Waals surface area contributed by atoms with Gasteiger partial charge in [0.1, 0.15) is 5.82 Å². The van der Waals surface area contributed by atoms with Crippen molar-refractivity contribution in [2.45, 2.75) is 0 Å². The van der Waals surface area contributed by atoms with Crippen molar-refractivity contribution < 1.29 is 4.39 Å². The van der Waals surface area contributed by atoms with E-state index < -0.39 is 0 Å². The van der Waals surface area contributed by atoms with Crippen LogP contribution in [0.4, 0.5) is 10.1 Å². The van der Waals surface area contributed by atoms with Gasteiger partial charge >= 0.3 is 0 Å². The first-order valence-electron chi connectivity index (χ1n) is 4.28. The Labute approximate surface area is 83.5 Å². The Kier molecular flexibility index (Phi) is 3.49. The van der Waals surface area contributed by atoms with E-state index >= 15 is 0 Å². The molecule has 0 unspecified atom stereocenters. The highest BCUT2D eigenvalue weighted by Gasteiger charge is 1.96. The average molecular weight is 192 g/mol. The van der Waals surface area contributed by atoms with Crippen molar-refractivity contribution in [3.05, 3.63) is 29.6 Å². The fourth-order valence-electron chi connectivity index (χ4n) is 0.940. The molecule has 0 radical (unpaired) electrons. The molecular weight excluding hydrogens is 179 g/mol. The summed E-state index contributed by atoms with van der Waals surface area (Å²) in [6.45, 7) is 0.664. The molecular formula is C11H13FN2. The van der Waals surface area contributed by atoms with Crippen LogP contribution in [0.1, 0.15) is 5.56 Å². The molecule has 0 aliphatic heterocycles. The maximum Gasteiger partial charge on any atom is 0.125 e. The summed E-state index contributed by atoms with van der Waals surface area (Å²) in [6, 6.07) is 4.23. The van der Waals surface area contributed by atoms with Crippen LogP contribution in [0.15, 0.2) is 18.2 Å². The third-order valence-electron chi connectivity index (χ3n) is 1.63. The lowest BCUT2D eigenvalue weighted by molar-refractivity contribution is 0.464. The largest absolute Gasteiger partial charge is 0.398 e. The highest BCUT2D eigenvalue weighted by atomic mass is 19.1. The third kappa shape index (κ3) is 3.08. The molecule has 0 aliphatic rings. The van der Waals surface area contributed by atoms with Crippen LogP contribution in [0.3, 0.4) is 0 Å². The summed E-state index contributed by atoms with van der Waals surface area (Å²) < 4.78 is 12.7. The van der Waals surface area contributed by atoms with Gasteiger partial charge in [-0.05, 0) is 32.3 Å². The summed E-state index contributed by atoms with van der Waals surface area (Å²) in [6.07, 6.45) is 0. The second kappa shape index (κ2) is 4.64. The standard InChI is InChI=1S/C11H13FN2/c1-14(2)7-3-4-9-5-6-10(12)8-11(9)13/h5-6,8H,7,13H2,1-2H3. The Hall–Kier alpha value is -1.53. The molecule has 2 nitrogen and oxygen atoms in total. The molecule has 1 rings (SSSR count). The summed E-state index contributed by atoms with van der Waals surface area (Å²) in [5.41, 5.74) is 6.64. The van der Waals surface area contributed by atoms with Crippen molar-refractivity contribution >= 4 is 5.69 Å². The van der Waals surface area contributed by atoms with Gasteiger partial charge in [-0.15, -0.1) is 0 Å². The minimum atomic E-state index is -0.333. The zero-order valence-corrected chi connectivity index (χ0v) is 8.34. The SMILES string of the molecule is CN(C)CC#Cc1ccc(F)cc1N. The zero-order valence-electron chi connectivity index (χ0n) is 8.34. The molecule has 1 aromatic carbocycles. The van der Waals surface area contributed by atoms with Crippen LogP contribution in [-0.2, 0) is 0 Å². The number of hydrogen-bond acceptors (Lipinski definition) is 2. The molecule has 0 amide bonds. The van der Waals surface area contributed by atoms with Gasteiger partial charge in [-0.1, -0.05) is 11.8 Å². The number of anilines is 1. The van der Waals surface area contributed by atoms with Crippen molar-refractivity contribution in [2.24, 2.45) is 0 Å². The zero-order chi connectivity index (χ0) is 10.6. The maximum absolute atomic E-state index is 12.7. The molecule has 3 heteroatoms. The summed E-state index contributed by atoms with van der Waals surface area (Å²) in [7, 11) is 3.87. The molecule has 0 atom stereocenters. The van der Waals surface area contributed by atoms with Crippen molar-refractivity contribution in [2.75, 3.05) is 26.4 Å². The second-order valence-corrected chi connectivity index (χ2v) is 3.27. The van der Waals surface area contributed by atoms with E-state index in [1.807, 2.05) is 19.0 Å². The molecule has 74 valence electrons. The number of rotatable bonds is 1. The van der Waals surface area contributed by atoms with E-state index in [1.54, 1.807) is 6.07 Å². The first-order valence-corrected chi connectivity index (χ1v) is 4.28. The summed E-state index contributed by atoms with van der Waals surface area (Å²) in [4.78, 5) is 1.95. The molecule has 0 spiro atoms. The Bertz CT molecular complexity index is 375. The number of nitrogen functional groups attached to an aromatic ring is 1. The highest BCUT2D eigenvalue weighted by molar-refractivity contribution is 5.55. The Morgan fingerprint density at radius 1 is 1.43 bits per heavy atom. The van der Waals surface area contributed by atoms with Crippen LogP contribution in [0.5, 0.6) is 0 Å². The number of nitrogens with zero attached hydrogens (tertiary/aromatic N) is 1. The van der Waals surface area contributed by atoms with Crippen molar-refractivity contribution in [1.29, 1.82) is 0 Å². The summed E-state index contributed by atoms with van der Waals surface area (Å²) in [5, 5.41) is 0. The fourth-order valence-corrected chi connectivity index (χ4v) is 0.940. The average Bonchev–Trinajstić information content (AvgIpc) is 2.08. The van der Waals surface area contributed by atoms with E-state index in [2.05, 4.69) is 11.8 Å². The second-order valence-electron chi connectivity index (χ2n) is 3.27. The van der Waals surface area contributed by atoms with Gasteiger partial charge in [-0.3, -0.25) is 4.90 Å². The topological polar surface area (TPSA) is 29.3 Å². The molecule has 0 aliphatic carbocycles. The molecule has 0 saturated carbocycles. The molecule has 0 saturated heterocycles. The van der Waals surface area contributed by atoms with Gasteiger partial charge in [-0.25, -0.2) is 4.39 Å². The lowest BCUT2D eigenvalue weighted by Crippen LogP contribution is -2.10. The van der Waals surface area contributed by atoms with E-state index in [0.29, 0.717) is 17.8 Å². The molecule has 2 N–H and O–H groups in total. The van der Waals surface area contributed by atoms with Crippen molar-refractivity contribution in [1.82, 2.24) is 4.90 Å². The van der Waals surface area contributed by atoms with Gasteiger partial charge in [0.25, 0.3) is 0 Å². The van der Waals surface area contributed by atoms with Crippen LogP contribution in [-0.4, -0.2) is 25.5 Å². The Balaban J connectivity index is 2.80. The minimum absolute atomic E-state index is 0.333. The van der Waals surface area contributed by atoms with Gasteiger partial charge in [0, 0.05) is 5.56 Å². The number of halogens is 1.